The first-order valence-corrected chi connectivity index (χ1v) is 5.36. The summed E-state index contributed by atoms with van der Waals surface area (Å²) in [6.07, 6.45) is 19.8. The van der Waals surface area contributed by atoms with Gasteiger partial charge in [0.2, 0.25) is 0 Å². The van der Waals surface area contributed by atoms with Gasteiger partial charge in [-0.05, 0) is 38.0 Å². The van der Waals surface area contributed by atoms with Crippen LogP contribution in [0.2, 0.25) is 0 Å². The lowest BCUT2D eigenvalue weighted by Crippen LogP contribution is -1.86. The van der Waals surface area contributed by atoms with E-state index in [1.807, 2.05) is 0 Å². The van der Waals surface area contributed by atoms with Gasteiger partial charge >= 0.3 is 0 Å². The SMILES string of the molecule is CC1/C=C\CC/C=C\CC/C=C/C1. The van der Waals surface area contributed by atoms with Crippen molar-refractivity contribution >= 4 is 0 Å². The van der Waals surface area contributed by atoms with Crippen LogP contribution in [0.4, 0.5) is 0 Å². The summed E-state index contributed by atoms with van der Waals surface area (Å²) >= 11 is 0. The zero-order chi connectivity index (χ0) is 9.36. The minimum Gasteiger partial charge on any atom is -0.0882 e. The minimum atomic E-state index is 0.708. The number of hydrogen-bond acceptors (Lipinski definition) is 0. The van der Waals surface area contributed by atoms with Crippen molar-refractivity contribution in [1.82, 2.24) is 0 Å². The second-order valence-electron chi connectivity index (χ2n) is 3.74. The molecule has 1 atom stereocenters. The van der Waals surface area contributed by atoms with Crippen LogP contribution in [0.25, 0.3) is 0 Å². The highest BCUT2D eigenvalue weighted by Gasteiger charge is 1.92. The summed E-state index contributed by atoms with van der Waals surface area (Å²) in [6, 6.07) is 0. The van der Waals surface area contributed by atoms with Crippen molar-refractivity contribution in [3.63, 3.8) is 0 Å². The normalized spacial score (nSPS) is 32.5. The van der Waals surface area contributed by atoms with E-state index in [0.29, 0.717) is 5.92 Å². The molecule has 1 unspecified atom stereocenters. The smallest absolute Gasteiger partial charge is 0.0227 e. The molecular weight excluding hydrogens is 156 g/mol. The second kappa shape index (κ2) is 6.71. The zero-order valence-corrected chi connectivity index (χ0v) is 8.58. The van der Waals surface area contributed by atoms with Gasteiger partial charge in [0.05, 0.1) is 0 Å². The molecule has 0 aromatic heterocycles. The monoisotopic (exact) mass is 176 g/mol. The molecule has 0 amide bonds. The molecular formula is C13H20. The van der Waals surface area contributed by atoms with E-state index >= 15 is 0 Å². The van der Waals surface area contributed by atoms with E-state index in [0.717, 1.165) is 0 Å². The Hall–Kier alpha value is -0.780. The molecule has 1 rings (SSSR count). The molecule has 0 saturated heterocycles. The predicted molar refractivity (Wildman–Crippen MR) is 59.7 cm³/mol. The molecule has 0 nitrogen and oxygen atoms in total. The average molecular weight is 176 g/mol. The molecule has 0 heteroatoms. The topological polar surface area (TPSA) is 0 Å². The quantitative estimate of drug-likeness (QED) is 0.484. The van der Waals surface area contributed by atoms with Crippen LogP contribution in [-0.4, -0.2) is 0 Å². The first-order chi connectivity index (χ1) is 6.39. The van der Waals surface area contributed by atoms with Gasteiger partial charge in [-0.1, -0.05) is 43.4 Å². The van der Waals surface area contributed by atoms with Crippen LogP contribution >= 0.6 is 0 Å². The molecule has 0 spiro atoms. The molecule has 0 aromatic rings. The van der Waals surface area contributed by atoms with Gasteiger partial charge in [0.25, 0.3) is 0 Å². The summed E-state index contributed by atoms with van der Waals surface area (Å²) in [6.45, 7) is 2.28. The molecule has 0 aromatic carbocycles. The van der Waals surface area contributed by atoms with Crippen LogP contribution < -0.4 is 0 Å². The highest BCUT2D eigenvalue weighted by molar-refractivity contribution is 4.96. The van der Waals surface area contributed by atoms with Gasteiger partial charge in [-0.15, -0.1) is 0 Å². The summed E-state index contributed by atoms with van der Waals surface area (Å²) in [5.74, 6) is 0.708. The van der Waals surface area contributed by atoms with Crippen molar-refractivity contribution in [1.29, 1.82) is 0 Å². The van der Waals surface area contributed by atoms with Gasteiger partial charge in [-0.3, -0.25) is 0 Å². The lowest BCUT2D eigenvalue weighted by Gasteiger charge is -2.01. The largest absolute Gasteiger partial charge is 0.0882 e. The zero-order valence-electron chi connectivity index (χ0n) is 8.58. The van der Waals surface area contributed by atoms with Crippen LogP contribution in [0.15, 0.2) is 36.5 Å². The fraction of sp³-hybridized carbons (Fsp3) is 0.538. The molecule has 1 aliphatic carbocycles. The molecule has 0 saturated carbocycles. The third-order valence-electron chi connectivity index (χ3n) is 2.31. The van der Waals surface area contributed by atoms with Gasteiger partial charge in [-0.2, -0.15) is 0 Å². The molecule has 0 radical (unpaired) electrons. The van der Waals surface area contributed by atoms with E-state index in [-0.39, 0.29) is 0 Å². The highest BCUT2D eigenvalue weighted by atomic mass is 14.0. The molecule has 0 heterocycles. The summed E-state index contributed by atoms with van der Waals surface area (Å²) in [7, 11) is 0. The van der Waals surface area contributed by atoms with Crippen LogP contribution in [0.1, 0.15) is 39.0 Å². The Morgan fingerprint density at radius 2 is 1.31 bits per heavy atom. The second-order valence-corrected chi connectivity index (χ2v) is 3.74. The number of allylic oxidation sites excluding steroid dienone is 6. The molecule has 0 fully saturated rings. The Morgan fingerprint density at radius 3 is 2.00 bits per heavy atom. The van der Waals surface area contributed by atoms with Crippen LogP contribution in [0.5, 0.6) is 0 Å². The van der Waals surface area contributed by atoms with Crippen LogP contribution in [0, 0.1) is 5.92 Å². The summed E-state index contributed by atoms with van der Waals surface area (Å²) in [5, 5.41) is 0. The van der Waals surface area contributed by atoms with Crippen LogP contribution in [0.3, 0.4) is 0 Å². The Bertz CT molecular complexity index is 196. The average Bonchev–Trinajstić information content (AvgIpc) is 2.11. The maximum absolute atomic E-state index is 2.33. The van der Waals surface area contributed by atoms with Crippen molar-refractivity contribution in [3.05, 3.63) is 36.5 Å². The Morgan fingerprint density at radius 1 is 0.769 bits per heavy atom. The molecule has 1 aliphatic rings. The Balaban J connectivity index is 2.41. The Labute approximate surface area is 82.0 Å². The lowest BCUT2D eigenvalue weighted by atomic mass is 10.1. The van der Waals surface area contributed by atoms with E-state index in [1.165, 1.54) is 32.1 Å². The van der Waals surface area contributed by atoms with Gasteiger partial charge < -0.3 is 0 Å². The highest BCUT2D eigenvalue weighted by Crippen LogP contribution is 2.08. The first-order valence-electron chi connectivity index (χ1n) is 5.36. The standard InChI is InChI=1S/C13H20/c1-13-11-9-7-5-3-2-4-6-8-10-12-13/h2-3,8-11,13H,4-7,12H2,1H3/b3-2-,10-8+,11-9-. The summed E-state index contributed by atoms with van der Waals surface area (Å²) in [4.78, 5) is 0. The van der Waals surface area contributed by atoms with E-state index in [9.17, 15) is 0 Å². The number of hydrogen-bond donors (Lipinski definition) is 0. The first kappa shape index (κ1) is 10.3. The predicted octanol–water partition coefficient (Wildman–Crippen LogP) is 4.26. The minimum absolute atomic E-state index is 0.708. The molecule has 0 aliphatic heterocycles. The van der Waals surface area contributed by atoms with Gasteiger partial charge in [0.15, 0.2) is 0 Å². The molecule has 0 bridgehead atoms. The summed E-state index contributed by atoms with van der Waals surface area (Å²) < 4.78 is 0. The third kappa shape index (κ3) is 5.46. The third-order valence-corrected chi connectivity index (χ3v) is 2.31. The van der Waals surface area contributed by atoms with Crippen molar-refractivity contribution in [2.75, 3.05) is 0 Å². The van der Waals surface area contributed by atoms with Gasteiger partial charge in [0, 0.05) is 0 Å². The number of rotatable bonds is 0. The Kier molecular flexibility index (Phi) is 5.31. The maximum Gasteiger partial charge on any atom is -0.0227 e. The van der Waals surface area contributed by atoms with Crippen molar-refractivity contribution in [2.45, 2.75) is 39.0 Å². The molecule has 72 valence electrons. The van der Waals surface area contributed by atoms with E-state index in [1.54, 1.807) is 0 Å². The van der Waals surface area contributed by atoms with E-state index < -0.39 is 0 Å². The molecule has 0 N–H and O–H groups in total. The molecule has 13 heavy (non-hydrogen) atoms. The maximum atomic E-state index is 2.33. The fourth-order valence-electron chi connectivity index (χ4n) is 1.46. The van der Waals surface area contributed by atoms with Gasteiger partial charge in [-0.25, -0.2) is 0 Å². The van der Waals surface area contributed by atoms with Crippen LogP contribution in [-0.2, 0) is 0 Å². The van der Waals surface area contributed by atoms with Gasteiger partial charge in [0.1, 0.15) is 0 Å². The summed E-state index contributed by atoms with van der Waals surface area (Å²) in [5.41, 5.74) is 0. The van der Waals surface area contributed by atoms with E-state index in [4.69, 9.17) is 0 Å². The lowest BCUT2D eigenvalue weighted by molar-refractivity contribution is 0.736. The van der Waals surface area contributed by atoms with Crippen molar-refractivity contribution < 1.29 is 0 Å². The fourth-order valence-corrected chi connectivity index (χ4v) is 1.46. The van der Waals surface area contributed by atoms with Crippen molar-refractivity contribution in [3.8, 4) is 0 Å². The van der Waals surface area contributed by atoms with Crippen molar-refractivity contribution in [2.24, 2.45) is 5.92 Å². The van der Waals surface area contributed by atoms with E-state index in [2.05, 4.69) is 43.4 Å².